The molecular formula is C24H28N4O5S. The normalized spacial score (nSPS) is 21.7. The molecule has 0 saturated carbocycles. The number of sulfonamides is 1. The lowest BCUT2D eigenvalue weighted by Crippen LogP contribution is -2.42. The number of hydrogen-bond acceptors (Lipinski definition) is 5. The summed E-state index contributed by atoms with van der Waals surface area (Å²) in [5.41, 5.74) is -0.253. The first-order valence-electron chi connectivity index (χ1n) is 11.3. The molecule has 180 valence electrons. The zero-order valence-corrected chi connectivity index (χ0v) is 19.8. The predicted molar refractivity (Wildman–Crippen MR) is 126 cm³/mol. The van der Waals surface area contributed by atoms with Crippen LogP contribution in [0.1, 0.15) is 38.2 Å². The van der Waals surface area contributed by atoms with E-state index in [2.05, 4.69) is 10.6 Å². The maximum atomic E-state index is 12.9. The third-order valence-corrected chi connectivity index (χ3v) is 8.18. The van der Waals surface area contributed by atoms with Gasteiger partial charge in [-0.25, -0.2) is 13.2 Å². The van der Waals surface area contributed by atoms with Crippen LogP contribution in [0.4, 0.5) is 10.5 Å². The van der Waals surface area contributed by atoms with Gasteiger partial charge in [-0.1, -0.05) is 43.2 Å². The van der Waals surface area contributed by atoms with Crippen molar-refractivity contribution in [2.75, 3.05) is 25.0 Å². The van der Waals surface area contributed by atoms with Crippen LogP contribution in [-0.2, 0) is 25.2 Å². The van der Waals surface area contributed by atoms with E-state index in [0.717, 1.165) is 30.6 Å². The molecular weight excluding hydrogens is 456 g/mol. The Morgan fingerprint density at radius 3 is 2.21 bits per heavy atom. The summed E-state index contributed by atoms with van der Waals surface area (Å²) >= 11 is 0. The van der Waals surface area contributed by atoms with Crippen LogP contribution in [0.15, 0.2) is 59.5 Å². The monoisotopic (exact) mass is 484 g/mol. The Labute approximate surface area is 199 Å². The molecule has 0 radical (unpaired) electrons. The largest absolute Gasteiger partial charge is 0.325 e. The van der Waals surface area contributed by atoms with Crippen molar-refractivity contribution in [3.63, 3.8) is 0 Å². The summed E-state index contributed by atoms with van der Waals surface area (Å²) in [6.07, 6.45) is 3.75. The zero-order chi connectivity index (χ0) is 24.3. The minimum Gasteiger partial charge on any atom is -0.325 e. The smallest absolute Gasteiger partial charge is 0.325 e. The third kappa shape index (κ3) is 4.69. The Kier molecular flexibility index (Phi) is 6.72. The lowest BCUT2D eigenvalue weighted by atomic mass is 9.92. The average Bonchev–Trinajstić information content (AvgIpc) is 3.03. The number of amides is 4. The molecule has 0 bridgehead atoms. The molecule has 0 aromatic heterocycles. The van der Waals surface area contributed by atoms with Gasteiger partial charge in [0.05, 0.1) is 4.90 Å². The van der Waals surface area contributed by atoms with Gasteiger partial charge in [-0.05, 0) is 49.6 Å². The average molecular weight is 485 g/mol. The Morgan fingerprint density at radius 2 is 1.59 bits per heavy atom. The molecule has 10 heteroatoms. The zero-order valence-electron chi connectivity index (χ0n) is 19.0. The minimum absolute atomic E-state index is 0.167. The van der Waals surface area contributed by atoms with Gasteiger partial charge in [0.25, 0.3) is 5.91 Å². The quantitative estimate of drug-likeness (QED) is 0.612. The second kappa shape index (κ2) is 9.55. The number of nitrogens with one attached hydrogen (secondary N) is 2. The molecule has 2 aromatic carbocycles. The van der Waals surface area contributed by atoms with Gasteiger partial charge >= 0.3 is 6.03 Å². The minimum atomic E-state index is -3.59. The second-order valence-electron chi connectivity index (χ2n) is 8.70. The van der Waals surface area contributed by atoms with Crippen molar-refractivity contribution < 1.29 is 22.8 Å². The van der Waals surface area contributed by atoms with Crippen LogP contribution >= 0.6 is 0 Å². The van der Waals surface area contributed by atoms with Crippen molar-refractivity contribution in [3.05, 3.63) is 60.2 Å². The summed E-state index contributed by atoms with van der Waals surface area (Å²) in [6.45, 7) is 2.16. The predicted octanol–water partition coefficient (Wildman–Crippen LogP) is 2.66. The highest BCUT2D eigenvalue weighted by Gasteiger charge is 2.49. The van der Waals surface area contributed by atoms with Crippen LogP contribution in [0.2, 0.25) is 0 Å². The number of carbonyl (C=O) groups excluding carboxylic acids is 3. The number of anilines is 1. The van der Waals surface area contributed by atoms with Gasteiger partial charge in [-0.15, -0.1) is 0 Å². The highest BCUT2D eigenvalue weighted by atomic mass is 32.2. The third-order valence-electron chi connectivity index (χ3n) is 6.27. The van der Waals surface area contributed by atoms with Crippen LogP contribution in [0.3, 0.4) is 0 Å². The maximum Gasteiger partial charge on any atom is 0.325 e. The summed E-state index contributed by atoms with van der Waals surface area (Å²) in [5.74, 6) is -1.08. The number of hydrogen-bond donors (Lipinski definition) is 2. The molecule has 9 nitrogen and oxygen atoms in total. The van der Waals surface area contributed by atoms with Crippen molar-refractivity contribution in [1.82, 2.24) is 14.5 Å². The van der Waals surface area contributed by atoms with Crippen LogP contribution < -0.4 is 10.6 Å². The van der Waals surface area contributed by atoms with E-state index in [0.29, 0.717) is 24.3 Å². The number of nitrogens with zero attached hydrogens (tertiary/aromatic N) is 2. The molecule has 2 aliphatic heterocycles. The highest BCUT2D eigenvalue weighted by Crippen LogP contribution is 2.28. The fourth-order valence-corrected chi connectivity index (χ4v) is 5.81. The van der Waals surface area contributed by atoms with Gasteiger partial charge < -0.3 is 10.6 Å². The van der Waals surface area contributed by atoms with E-state index in [-0.39, 0.29) is 4.90 Å². The number of benzene rings is 2. The first-order chi connectivity index (χ1) is 16.2. The van der Waals surface area contributed by atoms with E-state index < -0.39 is 40.0 Å². The molecule has 2 N–H and O–H groups in total. The van der Waals surface area contributed by atoms with E-state index in [4.69, 9.17) is 0 Å². The first-order valence-corrected chi connectivity index (χ1v) is 12.8. The highest BCUT2D eigenvalue weighted by molar-refractivity contribution is 7.89. The van der Waals surface area contributed by atoms with Gasteiger partial charge in [-0.2, -0.15) is 4.31 Å². The molecule has 0 unspecified atom stereocenters. The lowest BCUT2D eigenvalue weighted by molar-refractivity contribution is -0.133. The molecule has 2 aliphatic rings. The molecule has 2 saturated heterocycles. The van der Waals surface area contributed by atoms with Crippen LogP contribution in [0.5, 0.6) is 0 Å². The molecule has 2 heterocycles. The Balaban J connectivity index is 1.40. The number of urea groups is 1. The topological polar surface area (TPSA) is 116 Å². The molecule has 2 fully saturated rings. The van der Waals surface area contributed by atoms with Crippen molar-refractivity contribution >= 4 is 33.6 Å². The Bertz CT molecular complexity index is 1180. The van der Waals surface area contributed by atoms with E-state index in [1.165, 1.54) is 28.6 Å². The SMILES string of the molecule is C[C@@]1(c2ccccc2)NC(=O)N(CC(=O)Nc2ccc(S(=O)(=O)N3CCCCCC3)cc2)C1=O. The second-order valence-corrected chi connectivity index (χ2v) is 10.6. The molecule has 4 amide bonds. The summed E-state index contributed by atoms with van der Waals surface area (Å²) < 4.78 is 27.3. The first kappa shape index (κ1) is 23.9. The van der Waals surface area contributed by atoms with E-state index in [1.807, 2.05) is 6.07 Å². The van der Waals surface area contributed by atoms with Crippen LogP contribution in [0, 0.1) is 0 Å². The van der Waals surface area contributed by atoms with E-state index in [1.54, 1.807) is 31.2 Å². The van der Waals surface area contributed by atoms with Crippen molar-refractivity contribution in [3.8, 4) is 0 Å². The summed E-state index contributed by atoms with van der Waals surface area (Å²) in [6, 6.07) is 14.1. The summed E-state index contributed by atoms with van der Waals surface area (Å²) in [7, 11) is -3.59. The number of imide groups is 1. The standard InChI is InChI=1S/C24H28N4O5S/c1-24(18-9-5-4-6-10-18)22(30)28(23(31)26-24)17-21(29)25-19-11-13-20(14-12-19)34(32,33)27-15-7-2-3-8-16-27/h4-6,9-14H,2-3,7-8,15-17H2,1H3,(H,25,29)(H,26,31)/t24-/m0/s1. The van der Waals surface area contributed by atoms with Crippen molar-refractivity contribution in [2.24, 2.45) is 0 Å². The summed E-state index contributed by atoms with van der Waals surface area (Å²) in [5, 5.41) is 5.29. The maximum absolute atomic E-state index is 12.9. The fourth-order valence-electron chi connectivity index (χ4n) is 4.29. The van der Waals surface area contributed by atoms with Gasteiger partial charge in [0.2, 0.25) is 15.9 Å². The number of rotatable bonds is 6. The Hall–Kier alpha value is -3.24. The van der Waals surface area contributed by atoms with Gasteiger partial charge in [0.15, 0.2) is 0 Å². The molecule has 1 atom stereocenters. The Morgan fingerprint density at radius 1 is 0.971 bits per heavy atom. The van der Waals surface area contributed by atoms with E-state index >= 15 is 0 Å². The van der Waals surface area contributed by atoms with Gasteiger partial charge in [0, 0.05) is 18.8 Å². The molecule has 0 spiro atoms. The molecule has 2 aromatic rings. The number of carbonyl (C=O) groups is 3. The molecule has 34 heavy (non-hydrogen) atoms. The molecule has 4 rings (SSSR count). The van der Waals surface area contributed by atoms with E-state index in [9.17, 15) is 22.8 Å². The van der Waals surface area contributed by atoms with Crippen molar-refractivity contribution in [2.45, 2.75) is 43.0 Å². The van der Waals surface area contributed by atoms with Gasteiger partial charge in [0.1, 0.15) is 12.1 Å². The van der Waals surface area contributed by atoms with Crippen LogP contribution in [0.25, 0.3) is 0 Å². The lowest BCUT2D eigenvalue weighted by Gasteiger charge is -2.22. The van der Waals surface area contributed by atoms with Crippen molar-refractivity contribution in [1.29, 1.82) is 0 Å². The fraction of sp³-hybridized carbons (Fsp3) is 0.375. The van der Waals surface area contributed by atoms with Crippen LogP contribution in [-0.4, -0.2) is 55.1 Å². The molecule has 0 aliphatic carbocycles. The van der Waals surface area contributed by atoms with Gasteiger partial charge in [-0.3, -0.25) is 14.5 Å². The summed E-state index contributed by atoms with van der Waals surface area (Å²) in [4.78, 5) is 39.0.